The van der Waals surface area contributed by atoms with Gasteiger partial charge in [-0.05, 0) is 25.0 Å². The van der Waals surface area contributed by atoms with E-state index in [0.717, 1.165) is 25.7 Å². The van der Waals surface area contributed by atoms with Gasteiger partial charge in [0.1, 0.15) is 0 Å². The predicted molar refractivity (Wildman–Crippen MR) is 80.5 cm³/mol. The molecule has 1 amide bonds. The van der Waals surface area contributed by atoms with E-state index in [0.29, 0.717) is 5.56 Å². The van der Waals surface area contributed by atoms with Crippen LogP contribution in [0.5, 0.6) is 0 Å². The van der Waals surface area contributed by atoms with E-state index in [1.165, 1.54) is 18.2 Å². The third-order valence-electron chi connectivity index (χ3n) is 3.69. The molecular formula is C15H19N3O3. The number of hydrogen-bond acceptors (Lipinski definition) is 4. The molecular weight excluding hydrogens is 270 g/mol. The lowest BCUT2D eigenvalue weighted by Gasteiger charge is -2.28. The fourth-order valence-corrected chi connectivity index (χ4v) is 2.53. The first kappa shape index (κ1) is 15.2. The maximum Gasteiger partial charge on any atom is 0.276 e. The van der Waals surface area contributed by atoms with Crippen molar-refractivity contribution in [3.8, 4) is 0 Å². The van der Waals surface area contributed by atoms with Crippen LogP contribution in [-0.4, -0.2) is 22.9 Å². The molecule has 1 aromatic rings. The Morgan fingerprint density at radius 3 is 2.76 bits per heavy atom. The van der Waals surface area contributed by atoms with Gasteiger partial charge in [-0.25, -0.2) is 0 Å². The van der Waals surface area contributed by atoms with Crippen molar-refractivity contribution in [2.45, 2.75) is 37.8 Å². The van der Waals surface area contributed by atoms with Gasteiger partial charge in [0, 0.05) is 24.2 Å². The van der Waals surface area contributed by atoms with Crippen molar-refractivity contribution in [1.82, 2.24) is 5.32 Å². The molecule has 1 saturated carbocycles. The van der Waals surface area contributed by atoms with Crippen molar-refractivity contribution in [1.29, 1.82) is 0 Å². The van der Waals surface area contributed by atoms with Gasteiger partial charge in [0.2, 0.25) is 5.91 Å². The molecule has 3 N–H and O–H groups in total. The second-order valence-electron chi connectivity index (χ2n) is 5.21. The van der Waals surface area contributed by atoms with E-state index in [1.807, 2.05) is 0 Å². The van der Waals surface area contributed by atoms with Gasteiger partial charge in [0.15, 0.2) is 0 Å². The summed E-state index contributed by atoms with van der Waals surface area (Å²) in [4.78, 5) is 22.3. The van der Waals surface area contributed by atoms with E-state index >= 15 is 0 Å². The summed E-state index contributed by atoms with van der Waals surface area (Å²) in [5.41, 5.74) is 6.36. The van der Waals surface area contributed by atoms with E-state index in [1.54, 1.807) is 18.2 Å². The smallest absolute Gasteiger partial charge is 0.276 e. The highest BCUT2D eigenvalue weighted by Crippen LogP contribution is 2.19. The standard InChI is InChI=1S/C15H19N3O3/c16-12-6-2-3-7-13(12)17-15(19)10-9-11-5-1-4-8-14(11)18(20)21/h1,4-5,8-10,12-13H,2-3,6-7,16H2,(H,17,19)/b10-9+/t12-,13-/m1/s1. The highest BCUT2D eigenvalue weighted by Gasteiger charge is 2.22. The Morgan fingerprint density at radius 1 is 1.33 bits per heavy atom. The molecule has 1 aromatic carbocycles. The topological polar surface area (TPSA) is 98.3 Å². The summed E-state index contributed by atoms with van der Waals surface area (Å²) >= 11 is 0. The summed E-state index contributed by atoms with van der Waals surface area (Å²) in [6.45, 7) is 0. The van der Waals surface area contributed by atoms with Crippen molar-refractivity contribution < 1.29 is 9.72 Å². The van der Waals surface area contributed by atoms with Gasteiger partial charge in [0.05, 0.1) is 10.5 Å². The largest absolute Gasteiger partial charge is 0.348 e. The average Bonchev–Trinajstić information content (AvgIpc) is 2.48. The molecule has 1 aliphatic rings. The highest BCUT2D eigenvalue weighted by atomic mass is 16.6. The molecule has 0 radical (unpaired) electrons. The number of para-hydroxylation sites is 1. The van der Waals surface area contributed by atoms with Crippen LogP contribution >= 0.6 is 0 Å². The first-order valence-corrected chi connectivity index (χ1v) is 7.05. The summed E-state index contributed by atoms with van der Waals surface area (Å²) in [6.07, 6.45) is 6.74. The molecule has 0 heterocycles. The van der Waals surface area contributed by atoms with Gasteiger partial charge in [-0.15, -0.1) is 0 Å². The zero-order valence-electron chi connectivity index (χ0n) is 11.7. The lowest BCUT2D eigenvalue weighted by molar-refractivity contribution is -0.385. The highest BCUT2D eigenvalue weighted by molar-refractivity contribution is 5.92. The number of hydrogen-bond donors (Lipinski definition) is 2. The van der Waals surface area contributed by atoms with Gasteiger partial charge in [-0.1, -0.05) is 25.0 Å². The maximum absolute atomic E-state index is 11.9. The van der Waals surface area contributed by atoms with E-state index in [9.17, 15) is 14.9 Å². The summed E-state index contributed by atoms with van der Waals surface area (Å²) in [5, 5.41) is 13.7. The molecule has 0 bridgehead atoms. The fraction of sp³-hybridized carbons (Fsp3) is 0.400. The van der Waals surface area contributed by atoms with Gasteiger partial charge >= 0.3 is 0 Å². The molecule has 0 aromatic heterocycles. The van der Waals surface area contributed by atoms with Crippen LogP contribution in [0.4, 0.5) is 5.69 Å². The van der Waals surface area contributed by atoms with E-state index < -0.39 is 4.92 Å². The Kier molecular flexibility index (Phi) is 5.05. The van der Waals surface area contributed by atoms with Gasteiger partial charge < -0.3 is 11.1 Å². The Labute approximate surface area is 123 Å². The molecule has 2 atom stereocenters. The van der Waals surface area contributed by atoms with Crippen LogP contribution < -0.4 is 11.1 Å². The Bertz CT molecular complexity index is 557. The lowest BCUT2D eigenvalue weighted by atomic mass is 9.91. The maximum atomic E-state index is 11.9. The van der Waals surface area contributed by atoms with Crippen LogP contribution in [-0.2, 0) is 4.79 Å². The molecule has 0 saturated heterocycles. The number of amides is 1. The molecule has 1 aliphatic carbocycles. The molecule has 21 heavy (non-hydrogen) atoms. The molecule has 0 aliphatic heterocycles. The predicted octanol–water partition coefficient (Wildman–Crippen LogP) is 1.99. The third kappa shape index (κ3) is 4.13. The number of nitrogens with one attached hydrogen (secondary N) is 1. The summed E-state index contributed by atoms with van der Waals surface area (Å²) in [6, 6.07) is 6.28. The average molecular weight is 289 g/mol. The quantitative estimate of drug-likeness (QED) is 0.503. The minimum Gasteiger partial charge on any atom is -0.348 e. The number of rotatable bonds is 4. The second-order valence-corrected chi connectivity index (χ2v) is 5.21. The van der Waals surface area contributed by atoms with Gasteiger partial charge in [0.25, 0.3) is 5.69 Å². The summed E-state index contributed by atoms with van der Waals surface area (Å²) in [5.74, 6) is -0.268. The van der Waals surface area contributed by atoms with Crippen LogP contribution in [0.1, 0.15) is 31.2 Å². The monoisotopic (exact) mass is 289 g/mol. The molecule has 2 rings (SSSR count). The fourth-order valence-electron chi connectivity index (χ4n) is 2.53. The van der Waals surface area contributed by atoms with Crippen molar-refractivity contribution in [2.75, 3.05) is 0 Å². The number of carbonyl (C=O) groups excluding carboxylic acids is 1. The second kappa shape index (κ2) is 6.99. The Balaban J connectivity index is 2.00. The Hall–Kier alpha value is -2.21. The molecule has 6 heteroatoms. The van der Waals surface area contributed by atoms with Crippen molar-refractivity contribution in [2.24, 2.45) is 5.73 Å². The number of nitro benzene ring substituents is 1. The molecule has 112 valence electrons. The van der Waals surface area contributed by atoms with Crippen molar-refractivity contribution in [3.05, 3.63) is 46.0 Å². The zero-order chi connectivity index (χ0) is 15.2. The minimum atomic E-state index is -0.464. The summed E-state index contributed by atoms with van der Waals surface area (Å²) < 4.78 is 0. The normalized spacial score (nSPS) is 22.1. The van der Waals surface area contributed by atoms with Crippen molar-refractivity contribution in [3.63, 3.8) is 0 Å². The minimum absolute atomic E-state index is 0.0119. The van der Waals surface area contributed by atoms with Crippen LogP contribution in [0.25, 0.3) is 6.08 Å². The van der Waals surface area contributed by atoms with Crippen LogP contribution in [0, 0.1) is 10.1 Å². The van der Waals surface area contributed by atoms with E-state index in [2.05, 4.69) is 5.32 Å². The molecule has 0 unspecified atom stereocenters. The van der Waals surface area contributed by atoms with Crippen LogP contribution in [0.15, 0.2) is 30.3 Å². The summed E-state index contributed by atoms with van der Waals surface area (Å²) in [7, 11) is 0. The number of carbonyl (C=O) groups is 1. The van der Waals surface area contributed by atoms with Crippen LogP contribution in [0.3, 0.4) is 0 Å². The molecule has 1 fully saturated rings. The van der Waals surface area contributed by atoms with Crippen molar-refractivity contribution >= 4 is 17.7 Å². The van der Waals surface area contributed by atoms with E-state index in [4.69, 9.17) is 5.73 Å². The molecule has 0 spiro atoms. The lowest BCUT2D eigenvalue weighted by Crippen LogP contribution is -2.48. The molecule has 6 nitrogen and oxygen atoms in total. The number of nitrogens with zero attached hydrogens (tertiary/aromatic N) is 1. The van der Waals surface area contributed by atoms with Gasteiger partial charge in [-0.2, -0.15) is 0 Å². The first-order valence-electron chi connectivity index (χ1n) is 7.05. The third-order valence-corrected chi connectivity index (χ3v) is 3.69. The van der Waals surface area contributed by atoms with Gasteiger partial charge in [-0.3, -0.25) is 14.9 Å². The zero-order valence-corrected chi connectivity index (χ0v) is 11.7. The first-order chi connectivity index (χ1) is 10.1. The number of benzene rings is 1. The van der Waals surface area contributed by atoms with Crippen LogP contribution in [0.2, 0.25) is 0 Å². The SMILES string of the molecule is N[C@@H]1CCCC[C@H]1NC(=O)/C=C/c1ccccc1[N+](=O)[O-]. The number of nitro groups is 1. The van der Waals surface area contributed by atoms with E-state index in [-0.39, 0.29) is 23.7 Å². The number of nitrogens with two attached hydrogens (primary N) is 1. The Morgan fingerprint density at radius 2 is 2.05 bits per heavy atom.